The first-order valence-corrected chi connectivity index (χ1v) is 7.15. The molecule has 112 valence electrons. The average molecular weight is 286 g/mol. The molecular formula is C16H22N4O. The highest BCUT2D eigenvalue weighted by atomic mass is 16.1. The van der Waals surface area contributed by atoms with Crippen molar-refractivity contribution in [3.63, 3.8) is 0 Å². The summed E-state index contributed by atoms with van der Waals surface area (Å²) >= 11 is 0. The summed E-state index contributed by atoms with van der Waals surface area (Å²) in [5, 5.41) is 6.04. The molecule has 2 aromatic heterocycles. The molecule has 0 saturated carbocycles. The van der Waals surface area contributed by atoms with Crippen molar-refractivity contribution in [3.05, 3.63) is 53.6 Å². The van der Waals surface area contributed by atoms with Crippen LogP contribution in [0.2, 0.25) is 0 Å². The second-order valence-electron chi connectivity index (χ2n) is 5.05. The van der Waals surface area contributed by atoms with Gasteiger partial charge in [-0.05, 0) is 31.2 Å². The molecule has 0 fully saturated rings. The Morgan fingerprint density at radius 3 is 2.81 bits per heavy atom. The minimum atomic E-state index is 0.00914. The lowest BCUT2D eigenvalue weighted by Crippen LogP contribution is -2.34. The van der Waals surface area contributed by atoms with Crippen molar-refractivity contribution in [3.8, 4) is 0 Å². The number of amides is 1. The molecule has 0 saturated heterocycles. The third-order valence-corrected chi connectivity index (χ3v) is 3.51. The molecule has 0 spiro atoms. The number of hydrogen-bond acceptors (Lipinski definition) is 3. The molecule has 0 bridgehead atoms. The molecule has 2 aromatic rings. The fourth-order valence-electron chi connectivity index (χ4n) is 2.06. The number of nitrogens with zero attached hydrogens (tertiary/aromatic N) is 2. The van der Waals surface area contributed by atoms with Gasteiger partial charge in [0.05, 0.1) is 13.1 Å². The second-order valence-corrected chi connectivity index (χ2v) is 5.05. The maximum absolute atomic E-state index is 11.7. The van der Waals surface area contributed by atoms with Crippen LogP contribution in [0.5, 0.6) is 0 Å². The lowest BCUT2D eigenvalue weighted by atomic mass is 10.3. The van der Waals surface area contributed by atoms with Crippen LogP contribution in [0.1, 0.15) is 17.1 Å². The fraction of sp³-hybridized carbons (Fsp3) is 0.375. The first kappa shape index (κ1) is 15.3. The van der Waals surface area contributed by atoms with Crippen molar-refractivity contribution in [1.82, 2.24) is 20.2 Å². The summed E-state index contributed by atoms with van der Waals surface area (Å²) < 4.78 is 2.08. The zero-order valence-electron chi connectivity index (χ0n) is 12.6. The summed E-state index contributed by atoms with van der Waals surface area (Å²) in [6, 6.07) is 9.93. The zero-order valence-corrected chi connectivity index (χ0v) is 12.6. The lowest BCUT2D eigenvalue weighted by molar-refractivity contribution is -0.120. The van der Waals surface area contributed by atoms with Gasteiger partial charge in [-0.15, -0.1) is 0 Å². The smallest absolute Gasteiger partial charge is 0.234 e. The molecular weight excluding hydrogens is 264 g/mol. The van der Waals surface area contributed by atoms with Crippen LogP contribution in [0, 0.1) is 6.92 Å². The minimum absolute atomic E-state index is 0.00914. The molecule has 2 rings (SSSR count). The molecule has 2 heterocycles. The molecule has 0 radical (unpaired) electrons. The lowest BCUT2D eigenvalue weighted by Gasteiger charge is -2.08. The monoisotopic (exact) mass is 286 g/mol. The quantitative estimate of drug-likeness (QED) is 0.751. The van der Waals surface area contributed by atoms with Gasteiger partial charge in [0.1, 0.15) is 0 Å². The molecule has 21 heavy (non-hydrogen) atoms. The van der Waals surface area contributed by atoms with Gasteiger partial charge in [-0.1, -0.05) is 6.07 Å². The van der Waals surface area contributed by atoms with Crippen LogP contribution >= 0.6 is 0 Å². The molecule has 2 N–H and O–H groups in total. The standard InChI is InChI=1S/C16H22N4O/c1-13-6-7-15(20(13)2)11-19-16(21)12-17-10-8-14-5-3-4-9-18-14/h3-7,9,17H,8,10-12H2,1-2H3,(H,19,21). The number of rotatable bonds is 7. The van der Waals surface area contributed by atoms with Gasteiger partial charge in [-0.25, -0.2) is 0 Å². The summed E-state index contributed by atoms with van der Waals surface area (Å²) in [5.41, 5.74) is 3.33. The van der Waals surface area contributed by atoms with Crippen LogP contribution < -0.4 is 10.6 Å². The summed E-state index contributed by atoms with van der Waals surface area (Å²) in [6.45, 7) is 3.68. The Balaban J connectivity index is 1.63. The van der Waals surface area contributed by atoms with Crippen LogP contribution in [0.4, 0.5) is 0 Å². The van der Waals surface area contributed by atoms with Gasteiger partial charge < -0.3 is 15.2 Å². The molecule has 0 aliphatic heterocycles. The van der Waals surface area contributed by atoms with Gasteiger partial charge in [0, 0.05) is 43.3 Å². The van der Waals surface area contributed by atoms with Gasteiger partial charge in [-0.3, -0.25) is 9.78 Å². The molecule has 5 nitrogen and oxygen atoms in total. The van der Waals surface area contributed by atoms with Crippen molar-refractivity contribution in [2.45, 2.75) is 19.9 Å². The third-order valence-electron chi connectivity index (χ3n) is 3.51. The summed E-state index contributed by atoms with van der Waals surface area (Å²) in [5.74, 6) is 0.00914. The average Bonchev–Trinajstić information content (AvgIpc) is 2.82. The van der Waals surface area contributed by atoms with E-state index in [-0.39, 0.29) is 5.91 Å². The second kappa shape index (κ2) is 7.59. The van der Waals surface area contributed by atoms with E-state index in [9.17, 15) is 4.79 Å². The molecule has 0 aliphatic rings. The molecule has 5 heteroatoms. The highest BCUT2D eigenvalue weighted by molar-refractivity contribution is 5.77. The van der Waals surface area contributed by atoms with Gasteiger partial charge >= 0.3 is 0 Å². The Hall–Kier alpha value is -2.14. The van der Waals surface area contributed by atoms with Crippen LogP contribution in [0.15, 0.2) is 36.5 Å². The van der Waals surface area contributed by atoms with E-state index in [0.29, 0.717) is 13.1 Å². The number of pyridine rings is 1. The van der Waals surface area contributed by atoms with E-state index in [4.69, 9.17) is 0 Å². The Labute approximate surface area is 125 Å². The van der Waals surface area contributed by atoms with E-state index in [1.165, 1.54) is 5.69 Å². The Morgan fingerprint density at radius 1 is 1.29 bits per heavy atom. The Kier molecular flexibility index (Phi) is 5.51. The first-order chi connectivity index (χ1) is 10.2. The van der Waals surface area contributed by atoms with E-state index in [1.54, 1.807) is 6.20 Å². The van der Waals surface area contributed by atoms with Crippen LogP contribution in [-0.4, -0.2) is 28.5 Å². The first-order valence-electron chi connectivity index (χ1n) is 7.15. The Bertz CT molecular complexity index is 577. The molecule has 0 unspecified atom stereocenters. The normalized spacial score (nSPS) is 10.6. The topological polar surface area (TPSA) is 59.0 Å². The van der Waals surface area contributed by atoms with E-state index >= 15 is 0 Å². The van der Waals surface area contributed by atoms with Crippen molar-refractivity contribution < 1.29 is 4.79 Å². The summed E-state index contributed by atoms with van der Waals surface area (Å²) in [7, 11) is 2.00. The maximum Gasteiger partial charge on any atom is 0.234 e. The molecule has 0 aliphatic carbocycles. The Morgan fingerprint density at radius 2 is 2.14 bits per heavy atom. The number of carbonyl (C=O) groups is 1. The van der Waals surface area contributed by atoms with Gasteiger partial charge in [0.25, 0.3) is 0 Å². The maximum atomic E-state index is 11.7. The van der Waals surface area contributed by atoms with Crippen LogP contribution in [-0.2, 0) is 24.8 Å². The highest BCUT2D eigenvalue weighted by Crippen LogP contribution is 2.04. The van der Waals surface area contributed by atoms with Crippen molar-refractivity contribution in [2.75, 3.05) is 13.1 Å². The number of aromatic nitrogens is 2. The molecule has 0 atom stereocenters. The van der Waals surface area contributed by atoms with Crippen LogP contribution in [0.3, 0.4) is 0 Å². The van der Waals surface area contributed by atoms with E-state index in [0.717, 1.165) is 24.4 Å². The van der Waals surface area contributed by atoms with Crippen molar-refractivity contribution in [2.24, 2.45) is 7.05 Å². The van der Waals surface area contributed by atoms with E-state index in [1.807, 2.05) is 44.3 Å². The van der Waals surface area contributed by atoms with Crippen molar-refractivity contribution >= 4 is 5.91 Å². The number of nitrogens with one attached hydrogen (secondary N) is 2. The predicted octanol–water partition coefficient (Wildman–Crippen LogP) is 1.18. The largest absolute Gasteiger partial charge is 0.350 e. The summed E-state index contributed by atoms with van der Waals surface area (Å²) in [6.07, 6.45) is 2.61. The molecule has 1 amide bonds. The SMILES string of the molecule is Cc1ccc(CNC(=O)CNCCc2ccccn2)n1C. The van der Waals surface area contributed by atoms with Gasteiger partial charge in [0.2, 0.25) is 5.91 Å². The van der Waals surface area contributed by atoms with E-state index < -0.39 is 0 Å². The number of hydrogen-bond donors (Lipinski definition) is 2. The van der Waals surface area contributed by atoms with Gasteiger partial charge in [0.15, 0.2) is 0 Å². The van der Waals surface area contributed by atoms with Gasteiger partial charge in [-0.2, -0.15) is 0 Å². The molecule has 0 aromatic carbocycles. The van der Waals surface area contributed by atoms with Crippen LogP contribution in [0.25, 0.3) is 0 Å². The minimum Gasteiger partial charge on any atom is -0.350 e. The highest BCUT2D eigenvalue weighted by Gasteiger charge is 2.04. The zero-order chi connectivity index (χ0) is 15.1. The van der Waals surface area contributed by atoms with Crippen molar-refractivity contribution in [1.29, 1.82) is 0 Å². The number of carbonyl (C=O) groups excluding carboxylic acids is 1. The fourth-order valence-corrected chi connectivity index (χ4v) is 2.06. The summed E-state index contributed by atoms with van der Waals surface area (Å²) in [4.78, 5) is 16.0. The number of aryl methyl sites for hydroxylation is 1. The predicted molar refractivity (Wildman–Crippen MR) is 82.8 cm³/mol. The third kappa shape index (κ3) is 4.72. The van der Waals surface area contributed by atoms with E-state index in [2.05, 4.69) is 20.2 Å².